The number of rotatable bonds is 7. The topological polar surface area (TPSA) is 70.6 Å². The summed E-state index contributed by atoms with van der Waals surface area (Å²) in [6, 6.07) is 14.1. The summed E-state index contributed by atoms with van der Waals surface area (Å²) in [5.41, 5.74) is 4.11. The van der Waals surface area contributed by atoms with E-state index in [-0.39, 0.29) is 11.7 Å². The third kappa shape index (κ3) is 5.39. The Labute approximate surface area is 199 Å². The van der Waals surface area contributed by atoms with Crippen LogP contribution in [0.4, 0.5) is 17.2 Å². The van der Waals surface area contributed by atoms with E-state index in [1.54, 1.807) is 19.5 Å². The SMILES string of the molecule is COc1ccccc1N1CCN(c2nccnc2SCC(=O)Nc2c(C)cccc2C)CC1. The van der Waals surface area contributed by atoms with Crippen LogP contribution in [0, 0.1) is 13.8 Å². The van der Waals surface area contributed by atoms with Gasteiger partial charge >= 0.3 is 0 Å². The Morgan fingerprint density at radius 3 is 2.36 bits per heavy atom. The molecule has 2 aromatic carbocycles. The fraction of sp³-hybridized carbons (Fsp3) is 0.320. The Kier molecular flexibility index (Phi) is 7.34. The number of hydrogen-bond donors (Lipinski definition) is 1. The van der Waals surface area contributed by atoms with Gasteiger partial charge in [0.25, 0.3) is 0 Å². The van der Waals surface area contributed by atoms with Crippen molar-refractivity contribution in [3.63, 3.8) is 0 Å². The smallest absolute Gasteiger partial charge is 0.234 e. The lowest BCUT2D eigenvalue weighted by atomic mass is 10.1. The second-order valence-electron chi connectivity index (χ2n) is 7.93. The average molecular weight is 464 g/mol. The summed E-state index contributed by atoms with van der Waals surface area (Å²) in [5, 5.41) is 3.82. The molecule has 0 aliphatic carbocycles. The van der Waals surface area contributed by atoms with Crippen LogP contribution in [0.1, 0.15) is 11.1 Å². The van der Waals surface area contributed by atoms with E-state index in [4.69, 9.17) is 4.74 Å². The minimum atomic E-state index is -0.0463. The maximum Gasteiger partial charge on any atom is 0.234 e. The van der Waals surface area contributed by atoms with Gasteiger partial charge in [-0.2, -0.15) is 0 Å². The number of piperazine rings is 1. The molecule has 0 unspecified atom stereocenters. The predicted octanol–water partition coefficient (Wildman–Crippen LogP) is 4.16. The second-order valence-corrected chi connectivity index (χ2v) is 8.90. The summed E-state index contributed by atoms with van der Waals surface area (Å²) >= 11 is 1.42. The van der Waals surface area contributed by atoms with Crippen LogP contribution in [0.5, 0.6) is 5.75 Å². The van der Waals surface area contributed by atoms with Crippen molar-refractivity contribution in [3.8, 4) is 5.75 Å². The van der Waals surface area contributed by atoms with Crippen LogP contribution < -0.4 is 19.9 Å². The van der Waals surface area contributed by atoms with E-state index >= 15 is 0 Å². The average Bonchev–Trinajstić information content (AvgIpc) is 2.85. The standard InChI is InChI=1S/C25H29N5O2S/c1-18-7-6-8-19(2)23(18)28-22(31)17-33-25-24(26-11-12-27-25)30-15-13-29(14-16-30)20-9-4-5-10-21(20)32-3/h4-12H,13-17H2,1-3H3,(H,28,31). The first kappa shape index (κ1) is 22.9. The number of carbonyl (C=O) groups excluding carboxylic acids is 1. The minimum Gasteiger partial charge on any atom is -0.495 e. The number of aryl methyl sites for hydroxylation is 2. The van der Waals surface area contributed by atoms with Crippen molar-refractivity contribution < 1.29 is 9.53 Å². The van der Waals surface area contributed by atoms with E-state index in [9.17, 15) is 4.79 Å². The minimum absolute atomic E-state index is 0.0463. The molecule has 33 heavy (non-hydrogen) atoms. The lowest BCUT2D eigenvalue weighted by Crippen LogP contribution is -2.47. The molecular formula is C25H29N5O2S. The third-order valence-electron chi connectivity index (χ3n) is 5.74. The van der Waals surface area contributed by atoms with Crippen molar-refractivity contribution >= 4 is 34.9 Å². The normalized spacial score (nSPS) is 13.7. The quantitative estimate of drug-likeness (QED) is 0.528. The number of nitrogens with one attached hydrogen (secondary N) is 1. The molecule has 1 amide bonds. The monoisotopic (exact) mass is 463 g/mol. The van der Waals surface area contributed by atoms with Gasteiger partial charge in [-0.3, -0.25) is 4.79 Å². The van der Waals surface area contributed by atoms with Crippen molar-refractivity contribution in [2.45, 2.75) is 18.9 Å². The molecule has 0 spiro atoms. The largest absolute Gasteiger partial charge is 0.495 e. The molecule has 0 radical (unpaired) electrons. The Balaban J connectivity index is 1.38. The van der Waals surface area contributed by atoms with Crippen LogP contribution in [-0.2, 0) is 4.79 Å². The van der Waals surface area contributed by atoms with Gasteiger partial charge in [-0.05, 0) is 37.1 Å². The van der Waals surface area contributed by atoms with Crippen LogP contribution in [0.15, 0.2) is 59.9 Å². The van der Waals surface area contributed by atoms with Gasteiger partial charge in [0.2, 0.25) is 5.91 Å². The zero-order valence-electron chi connectivity index (χ0n) is 19.2. The van der Waals surface area contributed by atoms with Crippen LogP contribution in [0.3, 0.4) is 0 Å². The van der Waals surface area contributed by atoms with Crippen molar-refractivity contribution in [1.82, 2.24) is 9.97 Å². The van der Waals surface area contributed by atoms with E-state index in [2.05, 4.69) is 31.2 Å². The number of nitrogens with zero attached hydrogens (tertiary/aromatic N) is 4. The first-order chi connectivity index (χ1) is 16.1. The third-order valence-corrected chi connectivity index (χ3v) is 6.71. The lowest BCUT2D eigenvalue weighted by molar-refractivity contribution is -0.113. The van der Waals surface area contributed by atoms with Gasteiger partial charge < -0.3 is 19.9 Å². The number of para-hydroxylation sites is 3. The number of ether oxygens (including phenoxy) is 1. The highest BCUT2D eigenvalue weighted by Gasteiger charge is 2.23. The highest BCUT2D eigenvalue weighted by atomic mass is 32.2. The Bertz CT molecular complexity index is 1100. The number of amides is 1. The van der Waals surface area contributed by atoms with Crippen LogP contribution in [-0.4, -0.2) is 54.9 Å². The van der Waals surface area contributed by atoms with Gasteiger partial charge in [0.1, 0.15) is 10.8 Å². The Morgan fingerprint density at radius 2 is 1.64 bits per heavy atom. The number of methoxy groups -OCH3 is 1. The van der Waals surface area contributed by atoms with Crippen molar-refractivity contribution in [2.75, 3.05) is 54.2 Å². The molecule has 7 nitrogen and oxygen atoms in total. The highest BCUT2D eigenvalue weighted by Crippen LogP contribution is 2.31. The molecule has 1 aromatic heterocycles. The summed E-state index contributed by atoms with van der Waals surface area (Å²) in [5.74, 6) is 1.95. The molecule has 2 heterocycles. The fourth-order valence-electron chi connectivity index (χ4n) is 4.01. The van der Waals surface area contributed by atoms with E-state index in [0.29, 0.717) is 0 Å². The molecule has 1 N–H and O–H groups in total. The number of thioether (sulfide) groups is 1. The van der Waals surface area contributed by atoms with Crippen LogP contribution in [0.25, 0.3) is 0 Å². The van der Waals surface area contributed by atoms with Gasteiger partial charge in [0.15, 0.2) is 5.82 Å². The first-order valence-corrected chi connectivity index (χ1v) is 12.0. The van der Waals surface area contributed by atoms with Crippen molar-refractivity contribution in [3.05, 3.63) is 66.0 Å². The Hall–Kier alpha value is -3.26. The molecule has 1 fully saturated rings. The van der Waals surface area contributed by atoms with Crippen molar-refractivity contribution in [2.24, 2.45) is 0 Å². The molecular weight excluding hydrogens is 434 g/mol. The summed E-state index contributed by atoms with van der Waals surface area (Å²) in [4.78, 5) is 26.3. The zero-order chi connectivity index (χ0) is 23.2. The predicted molar refractivity (Wildman–Crippen MR) is 135 cm³/mol. The molecule has 1 aliphatic heterocycles. The second kappa shape index (κ2) is 10.6. The number of carbonyl (C=O) groups is 1. The van der Waals surface area contributed by atoms with Gasteiger partial charge in [0, 0.05) is 44.3 Å². The molecule has 0 saturated carbocycles. The van der Waals surface area contributed by atoms with Gasteiger partial charge in [-0.15, -0.1) is 0 Å². The van der Waals surface area contributed by atoms with E-state index in [1.165, 1.54) is 11.8 Å². The highest BCUT2D eigenvalue weighted by molar-refractivity contribution is 8.00. The molecule has 0 bridgehead atoms. The summed E-state index contributed by atoms with van der Waals surface area (Å²) in [6.07, 6.45) is 3.39. The van der Waals surface area contributed by atoms with Gasteiger partial charge in [0.05, 0.1) is 18.6 Å². The van der Waals surface area contributed by atoms with Gasteiger partial charge in [-0.25, -0.2) is 9.97 Å². The molecule has 4 rings (SSSR count). The maximum atomic E-state index is 12.6. The number of anilines is 3. The van der Waals surface area contributed by atoms with Gasteiger partial charge in [-0.1, -0.05) is 42.1 Å². The molecule has 8 heteroatoms. The molecule has 3 aromatic rings. The first-order valence-electron chi connectivity index (χ1n) is 11.0. The molecule has 1 aliphatic rings. The zero-order valence-corrected chi connectivity index (χ0v) is 20.1. The van der Waals surface area contributed by atoms with Crippen LogP contribution >= 0.6 is 11.8 Å². The molecule has 0 atom stereocenters. The fourth-order valence-corrected chi connectivity index (χ4v) is 4.79. The molecule has 172 valence electrons. The summed E-state index contributed by atoms with van der Waals surface area (Å²) in [7, 11) is 1.70. The van der Waals surface area contributed by atoms with E-state index < -0.39 is 0 Å². The van der Waals surface area contributed by atoms with E-state index in [1.807, 2.05) is 50.2 Å². The number of hydrogen-bond acceptors (Lipinski definition) is 7. The van der Waals surface area contributed by atoms with E-state index in [0.717, 1.165) is 65.3 Å². The van der Waals surface area contributed by atoms with Crippen molar-refractivity contribution in [1.29, 1.82) is 0 Å². The van der Waals surface area contributed by atoms with Crippen LogP contribution in [0.2, 0.25) is 0 Å². The lowest BCUT2D eigenvalue weighted by Gasteiger charge is -2.37. The Morgan fingerprint density at radius 1 is 0.970 bits per heavy atom. The number of aromatic nitrogens is 2. The number of benzene rings is 2. The maximum absolute atomic E-state index is 12.6. The summed E-state index contributed by atoms with van der Waals surface area (Å²) < 4.78 is 5.52. The summed E-state index contributed by atoms with van der Waals surface area (Å²) in [6.45, 7) is 7.35. The molecule has 1 saturated heterocycles.